The molecule has 2 aromatic rings. The molecule has 6 heteroatoms. The van der Waals surface area contributed by atoms with Crippen LogP contribution >= 0.6 is 11.8 Å². The predicted octanol–water partition coefficient (Wildman–Crippen LogP) is 2.79. The van der Waals surface area contributed by atoms with Gasteiger partial charge in [-0.2, -0.15) is 0 Å². The van der Waals surface area contributed by atoms with Crippen LogP contribution in [0.2, 0.25) is 0 Å². The van der Waals surface area contributed by atoms with Gasteiger partial charge < -0.3 is 10.2 Å². The molecule has 0 aliphatic carbocycles. The molecule has 0 radical (unpaired) electrons. The van der Waals surface area contributed by atoms with Crippen molar-refractivity contribution in [2.24, 2.45) is 0 Å². The van der Waals surface area contributed by atoms with Gasteiger partial charge >= 0.3 is 0 Å². The summed E-state index contributed by atoms with van der Waals surface area (Å²) in [5.74, 6) is 0.521. The molecule has 1 fully saturated rings. The van der Waals surface area contributed by atoms with E-state index >= 15 is 0 Å². The first-order valence-electron chi connectivity index (χ1n) is 8.76. The van der Waals surface area contributed by atoms with Crippen molar-refractivity contribution in [2.45, 2.75) is 37.2 Å². The lowest BCUT2D eigenvalue weighted by Crippen LogP contribution is -2.42. The summed E-state index contributed by atoms with van der Waals surface area (Å²) in [5.41, 5.74) is 2.17. The minimum absolute atomic E-state index is 0.0339. The smallest absolute Gasteiger partial charge is 0.233 e. The van der Waals surface area contributed by atoms with Crippen molar-refractivity contribution in [1.82, 2.24) is 15.2 Å². The third-order valence-electron chi connectivity index (χ3n) is 4.42. The zero-order chi connectivity index (χ0) is 18.4. The van der Waals surface area contributed by atoms with Crippen LogP contribution in [-0.4, -0.2) is 40.0 Å². The van der Waals surface area contributed by atoms with Crippen LogP contribution in [0.3, 0.4) is 0 Å². The maximum Gasteiger partial charge on any atom is 0.233 e. The number of rotatable bonds is 7. The molecule has 0 spiro atoms. The van der Waals surface area contributed by atoms with E-state index in [-0.39, 0.29) is 17.9 Å². The Kier molecular flexibility index (Phi) is 6.28. The number of hydrogen-bond donors (Lipinski definition) is 1. The second-order valence-electron chi connectivity index (χ2n) is 6.49. The maximum absolute atomic E-state index is 12.9. The summed E-state index contributed by atoms with van der Waals surface area (Å²) in [6.07, 6.45) is 4.82. The van der Waals surface area contributed by atoms with Gasteiger partial charge in [0.05, 0.1) is 5.75 Å². The summed E-state index contributed by atoms with van der Waals surface area (Å²) in [4.78, 5) is 31.4. The standard InChI is InChI=1S/C20H23N3O2S/c1-15-5-2-3-7-18(15)26-14-20(25)23(12-16-6-4-10-21-11-16)13-17-8-9-19(24)22-17/h2-7,10-11,17H,8-9,12-14H2,1H3,(H,22,24)/t17-/m0/s1. The highest BCUT2D eigenvalue weighted by Gasteiger charge is 2.25. The number of hydrogen-bond acceptors (Lipinski definition) is 4. The number of aryl methyl sites for hydroxylation is 1. The van der Waals surface area contributed by atoms with E-state index in [1.54, 1.807) is 24.2 Å². The number of benzene rings is 1. The molecule has 1 saturated heterocycles. The van der Waals surface area contributed by atoms with Crippen LogP contribution in [0.5, 0.6) is 0 Å². The Balaban J connectivity index is 1.66. The Morgan fingerprint density at radius 2 is 2.15 bits per heavy atom. The minimum Gasteiger partial charge on any atom is -0.352 e. The number of pyridine rings is 1. The van der Waals surface area contributed by atoms with E-state index < -0.39 is 0 Å². The molecule has 0 bridgehead atoms. The van der Waals surface area contributed by atoms with Gasteiger partial charge in [-0.3, -0.25) is 14.6 Å². The third-order valence-corrected chi connectivity index (χ3v) is 5.58. The Bertz CT molecular complexity index is 767. The second-order valence-corrected chi connectivity index (χ2v) is 7.51. The van der Waals surface area contributed by atoms with Gasteiger partial charge in [0.15, 0.2) is 0 Å². The monoisotopic (exact) mass is 369 g/mol. The maximum atomic E-state index is 12.9. The number of carbonyl (C=O) groups is 2. The normalized spacial score (nSPS) is 16.3. The first-order valence-corrected chi connectivity index (χ1v) is 9.75. The number of carbonyl (C=O) groups excluding carboxylic acids is 2. The molecule has 1 aromatic carbocycles. The van der Waals surface area contributed by atoms with Crippen molar-refractivity contribution in [1.29, 1.82) is 0 Å². The average Bonchev–Trinajstić information content (AvgIpc) is 3.06. The number of nitrogens with one attached hydrogen (secondary N) is 1. The zero-order valence-electron chi connectivity index (χ0n) is 14.9. The van der Waals surface area contributed by atoms with Gasteiger partial charge in [0.1, 0.15) is 0 Å². The fourth-order valence-electron chi connectivity index (χ4n) is 3.00. The van der Waals surface area contributed by atoms with Crippen molar-refractivity contribution in [2.75, 3.05) is 12.3 Å². The van der Waals surface area contributed by atoms with Crippen LogP contribution in [0.4, 0.5) is 0 Å². The van der Waals surface area contributed by atoms with E-state index in [2.05, 4.69) is 10.3 Å². The first kappa shape index (κ1) is 18.5. The number of nitrogens with zero attached hydrogens (tertiary/aromatic N) is 2. The van der Waals surface area contributed by atoms with E-state index in [1.807, 2.05) is 48.2 Å². The Labute approximate surface area is 158 Å². The Morgan fingerprint density at radius 1 is 1.31 bits per heavy atom. The number of thioether (sulfide) groups is 1. The molecule has 0 saturated carbocycles. The topological polar surface area (TPSA) is 62.3 Å². The second kappa shape index (κ2) is 8.85. The lowest BCUT2D eigenvalue weighted by molar-refractivity contribution is -0.129. The quantitative estimate of drug-likeness (QED) is 0.763. The highest BCUT2D eigenvalue weighted by molar-refractivity contribution is 8.00. The van der Waals surface area contributed by atoms with Gasteiger partial charge in [-0.25, -0.2) is 0 Å². The molecule has 3 rings (SSSR count). The number of aromatic nitrogens is 1. The molecule has 1 N–H and O–H groups in total. The summed E-state index contributed by atoms with van der Waals surface area (Å²) >= 11 is 1.56. The van der Waals surface area contributed by atoms with E-state index in [0.717, 1.165) is 16.9 Å². The van der Waals surface area contributed by atoms with Gasteiger partial charge in [0.25, 0.3) is 0 Å². The van der Waals surface area contributed by atoms with Crippen molar-refractivity contribution in [3.63, 3.8) is 0 Å². The number of amides is 2. The van der Waals surface area contributed by atoms with Crippen LogP contribution < -0.4 is 5.32 Å². The molecule has 136 valence electrons. The fraction of sp³-hybridized carbons (Fsp3) is 0.350. The van der Waals surface area contributed by atoms with E-state index in [0.29, 0.717) is 25.3 Å². The Morgan fingerprint density at radius 3 is 2.85 bits per heavy atom. The van der Waals surface area contributed by atoms with Crippen molar-refractivity contribution < 1.29 is 9.59 Å². The zero-order valence-corrected chi connectivity index (χ0v) is 15.7. The summed E-state index contributed by atoms with van der Waals surface area (Å²) < 4.78 is 0. The van der Waals surface area contributed by atoms with Gasteiger partial charge in [-0.15, -0.1) is 11.8 Å². The van der Waals surface area contributed by atoms with Crippen molar-refractivity contribution in [3.8, 4) is 0 Å². The van der Waals surface area contributed by atoms with Gasteiger partial charge in [0, 0.05) is 42.8 Å². The SMILES string of the molecule is Cc1ccccc1SCC(=O)N(Cc1cccnc1)C[C@@H]1CCC(=O)N1. The summed E-state index contributed by atoms with van der Waals surface area (Å²) in [6.45, 7) is 3.09. The van der Waals surface area contributed by atoms with Crippen LogP contribution in [-0.2, 0) is 16.1 Å². The largest absolute Gasteiger partial charge is 0.352 e. The highest BCUT2D eigenvalue weighted by atomic mass is 32.2. The third kappa shape index (κ3) is 5.08. The highest BCUT2D eigenvalue weighted by Crippen LogP contribution is 2.22. The Hall–Kier alpha value is -2.34. The van der Waals surface area contributed by atoms with Gasteiger partial charge in [0.2, 0.25) is 11.8 Å². The molecular weight excluding hydrogens is 346 g/mol. The molecule has 1 aromatic heterocycles. The lowest BCUT2D eigenvalue weighted by atomic mass is 10.2. The van der Waals surface area contributed by atoms with Gasteiger partial charge in [-0.1, -0.05) is 24.3 Å². The summed E-state index contributed by atoms with van der Waals surface area (Å²) in [7, 11) is 0. The molecule has 0 unspecified atom stereocenters. The summed E-state index contributed by atoms with van der Waals surface area (Å²) in [5, 5.41) is 2.95. The lowest BCUT2D eigenvalue weighted by Gasteiger charge is -2.26. The molecule has 26 heavy (non-hydrogen) atoms. The molecular formula is C20H23N3O2S. The average molecular weight is 369 g/mol. The molecule has 2 heterocycles. The van der Waals surface area contributed by atoms with E-state index in [1.165, 1.54) is 5.56 Å². The van der Waals surface area contributed by atoms with Crippen LogP contribution in [0.25, 0.3) is 0 Å². The fourth-order valence-corrected chi connectivity index (χ4v) is 3.93. The molecule has 2 amide bonds. The first-order chi connectivity index (χ1) is 12.6. The van der Waals surface area contributed by atoms with Crippen LogP contribution in [0.15, 0.2) is 53.7 Å². The van der Waals surface area contributed by atoms with E-state index in [4.69, 9.17) is 0 Å². The van der Waals surface area contributed by atoms with Crippen LogP contribution in [0.1, 0.15) is 24.0 Å². The van der Waals surface area contributed by atoms with E-state index in [9.17, 15) is 9.59 Å². The van der Waals surface area contributed by atoms with Crippen molar-refractivity contribution >= 4 is 23.6 Å². The van der Waals surface area contributed by atoms with Gasteiger partial charge in [-0.05, 0) is 36.6 Å². The minimum atomic E-state index is 0.0339. The predicted molar refractivity (Wildman–Crippen MR) is 103 cm³/mol. The molecule has 1 aliphatic heterocycles. The molecule has 1 atom stereocenters. The molecule has 1 aliphatic rings. The summed E-state index contributed by atoms with van der Waals surface area (Å²) in [6, 6.07) is 11.9. The van der Waals surface area contributed by atoms with Crippen molar-refractivity contribution in [3.05, 3.63) is 59.9 Å². The van der Waals surface area contributed by atoms with Crippen LogP contribution in [0, 0.1) is 6.92 Å². The molecule has 5 nitrogen and oxygen atoms in total.